The summed E-state index contributed by atoms with van der Waals surface area (Å²) in [5.41, 5.74) is 3.49. The van der Waals surface area contributed by atoms with Crippen LogP contribution in [0.4, 0.5) is 0 Å². The lowest BCUT2D eigenvalue weighted by molar-refractivity contribution is 0.499. The zero-order valence-corrected chi connectivity index (χ0v) is 10.3. The van der Waals surface area contributed by atoms with Crippen molar-refractivity contribution in [1.29, 1.82) is 0 Å². The van der Waals surface area contributed by atoms with Crippen LogP contribution in [0, 0.1) is 0 Å². The number of thiophene rings is 1. The first kappa shape index (κ1) is 9.86. The van der Waals surface area contributed by atoms with Crippen LogP contribution in [0.2, 0.25) is 0 Å². The third-order valence-electron chi connectivity index (χ3n) is 3.80. The van der Waals surface area contributed by atoms with Crippen LogP contribution >= 0.6 is 11.3 Å². The van der Waals surface area contributed by atoms with Crippen LogP contribution in [-0.2, 0) is 19.3 Å². The van der Waals surface area contributed by atoms with E-state index in [0.717, 1.165) is 0 Å². The van der Waals surface area contributed by atoms with Gasteiger partial charge in [-0.2, -0.15) is 0 Å². The van der Waals surface area contributed by atoms with Crippen LogP contribution in [0.15, 0.2) is 0 Å². The fraction of sp³-hybridized carbons (Fsp3) is 0.692. The molecule has 0 radical (unpaired) electrons. The Labute approximate surface area is 95.9 Å². The first-order chi connectivity index (χ1) is 7.40. The van der Waals surface area contributed by atoms with Crippen LogP contribution in [-0.4, -0.2) is 6.54 Å². The average molecular weight is 221 g/mol. The van der Waals surface area contributed by atoms with E-state index in [1.165, 1.54) is 45.1 Å². The number of nitrogens with one attached hydrogen (secondary N) is 1. The molecule has 1 atom stereocenters. The van der Waals surface area contributed by atoms with Gasteiger partial charge in [-0.3, -0.25) is 0 Å². The van der Waals surface area contributed by atoms with E-state index in [-0.39, 0.29) is 0 Å². The van der Waals surface area contributed by atoms with Crippen LogP contribution in [0.1, 0.15) is 53.1 Å². The largest absolute Gasteiger partial charge is 0.309 e. The SMILES string of the molecule is CCC1NCCc2c1sc1c2CCCC1. The summed E-state index contributed by atoms with van der Waals surface area (Å²) in [7, 11) is 0. The van der Waals surface area contributed by atoms with Crippen molar-refractivity contribution in [2.45, 2.75) is 51.5 Å². The molecular formula is C13H19NS. The molecule has 0 aromatic carbocycles. The topological polar surface area (TPSA) is 12.0 Å². The van der Waals surface area contributed by atoms with Crippen LogP contribution in [0.25, 0.3) is 0 Å². The van der Waals surface area contributed by atoms with Gasteiger partial charge >= 0.3 is 0 Å². The van der Waals surface area contributed by atoms with Crippen molar-refractivity contribution in [3.8, 4) is 0 Å². The maximum Gasteiger partial charge on any atom is 0.0415 e. The molecular weight excluding hydrogens is 202 g/mol. The molecule has 1 nitrogen and oxygen atoms in total. The molecule has 1 unspecified atom stereocenters. The van der Waals surface area contributed by atoms with E-state index >= 15 is 0 Å². The number of hydrogen-bond acceptors (Lipinski definition) is 2. The minimum absolute atomic E-state index is 0.657. The number of fused-ring (bicyclic) bond motifs is 3. The molecule has 0 bridgehead atoms. The molecule has 82 valence electrons. The number of hydrogen-bond donors (Lipinski definition) is 1. The zero-order valence-electron chi connectivity index (χ0n) is 9.44. The standard InChI is InChI=1S/C13H19NS/c1-2-11-13-10(7-8-14-11)9-5-3-4-6-12(9)15-13/h11,14H,2-8H2,1H3. The van der Waals surface area contributed by atoms with Crippen LogP contribution in [0.3, 0.4) is 0 Å². The highest BCUT2D eigenvalue weighted by Gasteiger charge is 2.26. The normalized spacial score (nSPS) is 24.7. The second-order valence-corrected chi connectivity index (χ2v) is 5.86. The Hall–Kier alpha value is -0.340. The molecule has 1 aliphatic carbocycles. The maximum absolute atomic E-state index is 3.64. The van der Waals surface area contributed by atoms with Crippen molar-refractivity contribution in [2.24, 2.45) is 0 Å². The molecule has 2 heterocycles. The van der Waals surface area contributed by atoms with E-state index in [2.05, 4.69) is 23.6 Å². The molecule has 1 aliphatic heterocycles. The van der Waals surface area contributed by atoms with E-state index in [1.807, 2.05) is 0 Å². The highest BCUT2D eigenvalue weighted by atomic mass is 32.1. The van der Waals surface area contributed by atoms with Crippen molar-refractivity contribution >= 4 is 11.3 Å². The van der Waals surface area contributed by atoms with E-state index in [0.29, 0.717) is 6.04 Å². The highest BCUT2D eigenvalue weighted by Crippen LogP contribution is 2.40. The van der Waals surface area contributed by atoms with Crippen molar-refractivity contribution in [2.75, 3.05) is 6.54 Å². The fourth-order valence-corrected chi connectivity index (χ4v) is 4.60. The summed E-state index contributed by atoms with van der Waals surface area (Å²) in [6, 6.07) is 0.657. The molecule has 2 heteroatoms. The molecule has 0 saturated carbocycles. The van der Waals surface area contributed by atoms with E-state index in [1.54, 1.807) is 20.9 Å². The summed E-state index contributed by atoms with van der Waals surface area (Å²) in [6.45, 7) is 3.49. The summed E-state index contributed by atoms with van der Waals surface area (Å²) < 4.78 is 0. The summed E-state index contributed by atoms with van der Waals surface area (Å²) in [4.78, 5) is 3.39. The fourth-order valence-electron chi connectivity index (χ4n) is 3.00. The van der Waals surface area contributed by atoms with Gasteiger partial charge in [-0.1, -0.05) is 6.92 Å². The summed E-state index contributed by atoms with van der Waals surface area (Å²) in [6.07, 6.45) is 8.06. The van der Waals surface area contributed by atoms with Gasteiger partial charge in [-0.25, -0.2) is 0 Å². The van der Waals surface area contributed by atoms with E-state index in [4.69, 9.17) is 0 Å². The predicted octanol–water partition coefficient (Wildman–Crippen LogP) is 3.22. The Morgan fingerprint density at radius 2 is 2.07 bits per heavy atom. The van der Waals surface area contributed by atoms with Gasteiger partial charge in [0.05, 0.1) is 0 Å². The third-order valence-corrected chi connectivity index (χ3v) is 5.25. The summed E-state index contributed by atoms with van der Waals surface area (Å²) in [5, 5.41) is 3.64. The van der Waals surface area contributed by atoms with Gasteiger partial charge in [0.15, 0.2) is 0 Å². The molecule has 15 heavy (non-hydrogen) atoms. The Morgan fingerprint density at radius 1 is 1.20 bits per heavy atom. The van der Waals surface area contributed by atoms with Gasteiger partial charge in [0.2, 0.25) is 0 Å². The molecule has 0 spiro atoms. The Kier molecular flexibility index (Phi) is 2.57. The lowest BCUT2D eigenvalue weighted by Crippen LogP contribution is -2.28. The van der Waals surface area contributed by atoms with Crippen LogP contribution in [0.5, 0.6) is 0 Å². The van der Waals surface area contributed by atoms with Crippen LogP contribution < -0.4 is 5.32 Å². The molecule has 1 aromatic rings. The molecule has 0 fully saturated rings. The van der Waals surface area contributed by atoms with Gasteiger partial charge in [-0.05, 0) is 56.2 Å². The van der Waals surface area contributed by atoms with Gasteiger partial charge < -0.3 is 5.32 Å². The van der Waals surface area contributed by atoms with Crippen molar-refractivity contribution in [3.63, 3.8) is 0 Å². The minimum atomic E-state index is 0.657. The quantitative estimate of drug-likeness (QED) is 0.768. The second kappa shape index (κ2) is 3.91. The Morgan fingerprint density at radius 3 is 2.93 bits per heavy atom. The minimum Gasteiger partial charge on any atom is -0.309 e. The average Bonchev–Trinajstić information content (AvgIpc) is 2.67. The van der Waals surface area contributed by atoms with Crippen molar-refractivity contribution < 1.29 is 0 Å². The lowest BCUT2D eigenvalue weighted by Gasteiger charge is -2.23. The first-order valence-corrected chi connectivity index (χ1v) is 7.08. The number of aryl methyl sites for hydroxylation is 1. The maximum atomic E-state index is 3.64. The van der Waals surface area contributed by atoms with Crippen molar-refractivity contribution in [3.05, 3.63) is 20.9 Å². The highest BCUT2D eigenvalue weighted by molar-refractivity contribution is 7.12. The lowest BCUT2D eigenvalue weighted by atomic mass is 9.90. The van der Waals surface area contributed by atoms with Gasteiger partial charge in [0.1, 0.15) is 0 Å². The summed E-state index contributed by atoms with van der Waals surface area (Å²) in [5.74, 6) is 0. The second-order valence-electron chi connectivity index (χ2n) is 4.72. The van der Waals surface area contributed by atoms with E-state index in [9.17, 15) is 0 Å². The molecule has 3 rings (SSSR count). The molecule has 2 aliphatic rings. The molecule has 0 amide bonds. The van der Waals surface area contributed by atoms with Gasteiger partial charge in [0.25, 0.3) is 0 Å². The monoisotopic (exact) mass is 221 g/mol. The zero-order chi connectivity index (χ0) is 10.3. The van der Waals surface area contributed by atoms with Gasteiger partial charge in [-0.15, -0.1) is 11.3 Å². The third kappa shape index (κ3) is 1.55. The van der Waals surface area contributed by atoms with Gasteiger partial charge in [0, 0.05) is 15.8 Å². The van der Waals surface area contributed by atoms with Crippen molar-refractivity contribution in [1.82, 2.24) is 5.32 Å². The first-order valence-electron chi connectivity index (χ1n) is 6.27. The van der Waals surface area contributed by atoms with E-state index < -0.39 is 0 Å². The Bertz CT molecular complexity index is 367. The predicted molar refractivity (Wildman–Crippen MR) is 65.7 cm³/mol. The Balaban J connectivity index is 2.06. The number of rotatable bonds is 1. The molecule has 1 aromatic heterocycles. The summed E-state index contributed by atoms with van der Waals surface area (Å²) >= 11 is 2.11. The molecule has 1 N–H and O–H groups in total. The molecule has 0 saturated heterocycles. The smallest absolute Gasteiger partial charge is 0.0415 e.